The number of rotatable bonds is 3. The van der Waals surface area contributed by atoms with Gasteiger partial charge in [-0.2, -0.15) is 13.2 Å². The van der Waals surface area contributed by atoms with Gasteiger partial charge in [0.1, 0.15) is 5.02 Å². The van der Waals surface area contributed by atoms with E-state index in [1.54, 1.807) is 18.9 Å². The van der Waals surface area contributed by atoms with Gasteiger partial charge >= 0.3 is 6.18 Å². The number of fused-ring (bicyclic) bond motifs is 1. The highest BCUT2D eigenvalue weighted by Gasteiger charge is 2.34. The molecule has 1 saturated heterocycles. The van der Waals surface area contributed by atoms with Gasteiger partial charge in [-0.25, -0.2) is 0 Å². The van der Waals surface area contributed by atoms with Crippen LogP contribution >= 0.6 is 11.6 Å². The first-order chi connectivity index (χ1) is 14.1. The molecule has 0 bridgehead atoms. The molecule has 3 heterocycles. The molecule has 5 nitrogen and oxygen atoms in total. The van der Waals surface area contributed by atoms with E-state index in [-0.39, 0.29) is 22.4 Å². The van der Waals surface area contributed by atoms with E-state index in [1.165, 1.54) is 16.7 Å². The number of halogens is 4. The number of benzene rings is 1. The van der Waals surface area contributed by atoms with Crippen LogP contribution in [0.25, 0.3) is 0 Å². The number of alkyl halides is 3. The van der Waals surface area contributed by atoms with Crippen molar-refractivity contribution in [2.45, 2.75) is 32.6 Å². The number of nitrogens with zero attached hydrogens (tertiary/aromatic N) is 3. The first kappa shape index (κ1) is 20.8. The predicted octanol–water partition coefficient (Wildman–Crippen LogP) is 3.73. The van der Waals surface area contributed by atoms with Crippen molar-refractivity contribution < 1.29 is 18.0 Å². The van der Waals surface area contributed by atoms with Crippen LogP contribution in [0.3, 0.4) is 0 Å². The van der Waals surface area contributed by atoms with Crippen molar-refractivity contribution in [2.24, 2.45) is 13.0 Å². The summed E-state index contributed by atoms with van der Waals surface area (Å²) in [5.41, 5.74) is 2.26. The zero-order valence-corrected chi connectivity index (χ0v) is 17.3. The molecule has 0 radical (unpaired) electrons. The number of carbonyl (C=O) groups is 1. The molecule has 1 fully saturated rings. The van der Waals surface area contributed by atoms with Crippen LogP contribution in [-0.4, -0.2) is 28.5 Å². The van der Waals surface area contributed by atoms with Crippen LogP contribution in [0.1, 0.15) is 28.8 Å². The SMILES string of the molecule is Cc1c2c(n(C)c(=O)c1Cl)CN(C(=O)CC1CN(c3ccc(C(F)(F)F)cc3)C1)C2. The molecule has 2 aliphatic heterocycles. The first-order valence-corrected chi connectivity index (χ1v) is 10.0. The lowest BCUT2D eigenvalue weighted by Crippen LogP contribution is -2.48. The Morgan fingerprint density at radius 1 is 1.17 bits per heavy atom. The molecule has 0 aliphatic carbocycles. The Hall–Kier alpha value is -2.48. The molecule has 1 aromatic carbocycles. The number of hydrogen-bond donors (Lipinski definition) is 0. The summed E-state index contributed by atoms with van der Waals surface area (Å²) in [6.45, 7) is 3.86. The van der Waals surface area contributed by atoms with Gasteiger partial charge in [-0.05, 0) is 42.3 Å². The third kappa shape index (κ3) is 3.57. The molecule has 4 rings (SSSR count). The largest absolute Gasteiger partial charge is 0.416 e. The molecular formula is C21H21ClF3N3O2. The second-order valence-electron chi connectivity index (χ2n) is 8.00. The standard InChI is InChI=1S/C21H21ClF3N3O2/c1-12-16-10-28(11-17(16)26(2)20(30)19(12)22)18(29)7-13-8-27(9-13)15-5-3-14(4-6-15)21(23,24)25/h3-6,13H,7-11H2,1-2H3. The van der Waals surface area contributed by atoms with Gasteiger partial charge in [0, 0.05) is 50.4 Å². The predicted molar refractivity (Wildman–Crippen MR) is 107 cm³/mol. The second-order valence-corrected chi connectivity index (χ2v) is 8.38. The highest BCUT2D eigenvalue weighted by atomic mass is 35.5. The Bertz CT molecular complexity index is 1060. The van der Waals surface area contributed by atoms with Gasteiger partial charge in [-0.1, -0.05) is 11.6 Å². The molecule has 160 valence electrons. The Morgan fingerprint density at radius 2 is 1.80 bits per heavy atom. The van der Waals surface area contributed by atoms with E-state index in [4.69, 9.17) is 11.6 Å². The number of pyridine rings is 1. The molecular weight excluding hydrogens is 419 g/mol. The van der Waals surface area contributed by atoms with E-state index in [0.29, 0.717) is 32.6 Å². The molecule has 0 unspecified atom stereocenters. The third-order valence-electron chi connectivity index (χ3n) is 6.05. The van der Waals surface area contributed by atoms with Crippen molar-refractivity contribution in [3.63, 3.8) is 0 Å². The smallest absolute Gasteiger partial charge is 0.371 e. The van der Waals surface area contributed by atoms with Crippen molar-refractivity contribution in [1.29, 1.82) is 0 Å². The van der Waals surface area contributed by atoms with Crippen LogP contribution in [0.4, 0.5) is 18.9 Å². The number of carbonyl (C=O) groups excluding carboxylic acids is 1. The summed E-state index contributed by atoms with van der Waals surface area (Å²) in [4.78, 5) is 28.6. The Morgan fingerprint density at radius 3 is 2.40 bits per heavy atom. The van der Waals surface area contributed by atoms with Crippen LogP contribution < -0.4 is 10.5 Å². The minimum atomic E-state index is -4.35. The fraction of sp³-hybridized carbons (Fsp3) is 0.429. The normalized spacial score (nSPS) is 16.6. The molecule has 2 aromatic rings. The molecule has 1 amide bonds. The zero-order chi connectivity index (χ0) is 21.8. The Kier molecular flexibility index (Phi) is 5.08. The van der Waals surface area contributed by atoms with Gasteiger partial charge in [-0.15, -0.1) is 0 Å². The molecule has 0 atom stereocenters. The van der Waals surface area contributed by atoms with E-state index in [0.717, 1.165) is 34.6 Å². The monoisotopic (exact) mass is 439 g/mol. The van der Waals surface area contributed by atoms with Crippen LogP contribution in [0.2, 0.25) is 5.02 Å². The number of hydrogen-bond acceptors (Lipinski definition) is 3. The summed E-state index contributed by atoms with van der Waals surface area (Å²) in [7, 11) is 1.66. The van der Waals surface area contributed by atoms with Gasteiger partial charge in [-0.3, -0.25) is 9.59 Å². The summed E-state index contributed by atoms with van der Waals surface area (Å²) >= 11 is 6.11. The maximum Gasteiger partial charge on any atom is 0.416 e. The summed E-state index contributed by atoms with van der Waals surface area (Å²) < 4.78 is 39.5. The van der Waals surface area contributed by atoms with E-state index in [9.17, 15) is 22.8 Å². The summed E-state index contributed by atoms with van der Waals surface area (Å²) in [5.74, 6) is 0.156. The highest BCUT2D eigenvalue weighted by Crippen LogP contribution is 2.33. The highest BCUT2D eigenvalue weighted by molar-refractivity contribution is 6.31. The quantitative estimate of drug-likeness (QED) is 0.732. The second kappa shape index (κ2) is 7.34. The lowest BCUT2D eigenvalue weighted by molar-refractivity contribution is -0.137. The van der Waals surface area contributed by atoms with E-state index >= 15 is 0 Å². The van der Waals surface area contributed by atoms with Gasteiger partial charge in [0.2, 0.25) is 5.91 Å². The average molecular weight is 440 g/mol. The molecule has 9 heteroatoms. The average Bonchev–Trinajstić information content (AvgIpc) is 3.12. The Balaban J connectivity index is 1.35. The van der Waals surface area contributed by atoms with E-state index < -0.39 is 11.7 Å². The maximum absolute atomic E-state index is 12.8. The maximum atomic E-state index is 12.8. The van der Waals surface area contributed by atoms with Crippen molar-refractivity contribution in [3.05, 3.63) is 62.0 Å². The minimum absolute atomic E-state index is 0.00578. The molecule has 0 saturated carbocycles. The Labute approximate surface area is 176 Å². The first-order valence-electron chi connectivity index (χ1n) is 9.63. The minimum Gasteiger partial charge on any atom is -0.371 e. The van der Waals surface area contributed by atoms with E-state index in [1.807, 2.05) is 4.90 Å². The molecule has 2 aliphatic rings. The van der Waals surface area contributed by atoms with Crippen molar-refractivity contribution in [2.75, 3.05) is 18.0 Å². The van der Waals surface area contributed by atoms with Gasteiger partial charge in [0.15, 0.2) is 0 Å². The van der Waals surface area contributed by atoms with Crippen LogP contribution in [0.5, 0.6) is 0 Å². The topological polar surface area (TPSA) is 45.6 Å². The summed E-state index contributed by atoms with van der Waals surface area (Å²) in [5, 5.41) is 0.191. The lowest BCUT2D eigenvalue weighted by atomic mass is 9.94. The fourth-order valence-electron chi connectivity index (χ4n) is 4.14. The van der Waals surface area contributed by atoms with Crippen LogP contribution in [0, 0.1) is 12.8 Å². The molecule has 30 heavy (non-hydrogen) atoms. The zero-order valence-electron chi connectivity index (χ0n) is 16.6. The van der Waals surface area contributed by atoms with Gasteiger partial charge < -0.3 is 14.4 Å². The number of amides is 1. The van der Waals surface area contributed by atoms with Crippen molar-refractivity contribution >= 4 is 23.2 Å². The summed E-state index contributed by atoms with van der Waals surface area (Å²) in [6, 6.07) is 5.08. The lowest BCUT2D eigenvalue weighted by Gasteiger charge is -2.41. The number of aromatic nitrogens is 1. The van der Waals surface area contributed by atoms with Crippen LogP contribution in [-0.2, 0) is 31.1 Å². The third-order valence-corrected chi connectivity index (χ3v) is 6.50. The fourth-order valence-corrected chi connectivity index (χ4v) is 4.38. The van der Waals surface area contributed by atoms with Gasteiger partial charge in [0.05, 0.1) is 12.1 Å². The van der Waals surface area contributed by atoms with Crippen molar-refractivity contribution in [1.82, 2.24) is 9.47 Å². The summed E-state index contributed by atoms with van der Waals surface area (Å²) in [6.07, 6.45) is -3.98. The molecule has 0 spiro atoms. The number of anilines is 1. The van der Waals surface area contributed by atoms with E-state index in [2.05, 4.69) is 0 Å². The molecule has 1 aromatic heterocycles. The van der Waals surface area contributed by atoms with Crippen molar-refractivity contribution in [3.8, 4) is 0 Å². The van der Waals surface area contributed by atoms with Gasteiger partial charge in [0.25, 0.3) is 5.56 Å². The van der Waals surface area contributed by atoms with Crippen LogP contribution in [0.15, 0.2) is 29.1 Å². The molecule has 0 N–H and O–H groups in total.